The van der Waals surface area contributed by atoms with Gasteiger partial charge in [-0.1, -0.05) is 6.92 Å². The zero-order valence-electron chi connectivity index (χ0n) is 13.0. The molecule has 0 saturated carbocycles. The number of aliphatic carboxylic acids is 1. The van der Waals surface area contributed by atoms with Crippen LogP contribution in [0.15, 0.2) is 10.6 Å². The molecule has 3 rings (SSSR count). The second-order valence-corrected chi connectivity index (χ2v) is 7.74. The van der Waals surface area contributed by atoms with Gasteiger partial charge in [0.2, 0.25) is 12.3 Å². The zero-order chi connectivity index (χ0) is 16.9. The van der Waals surface area contributed by atoms with Crippen LogP contribution in [0.25, 0.3) is 0 Å². The summed E-state index contributed by atoms with van der Waals surface area (Å²) >= 11 is 1.46. The lowest BCUT2D eigenvalue weighted by atomic mass is 9.79. The van der Waals surface area contributed by atoms with Crippen LogP contribution in [-0.2, 0) is 14.4 Å². The summed E-state index contributed by atoms with van der Waals surface area (Å²) in [5.74, 6) is -2.07. The molecule has 2 N–H and O–H groups in total. The first-order chi connectivity index (χ1) is 10.9. The van der Waals surface area contributed by atoms with E-state index in [4.69, 9.17) is 0 Å². The number of likely N-dealkylation sites (tertiary alicyclic amines) is 1. The molecule has 5 atom stereocenters. The Balaban J connectivity index is 1.85. The molecule has 8 heteroatoms. The molecule has 23 heavy (non-hydrogen) atoms. The Morgan fingerprint density at radius 1 is 1.48 bits per heavy atom. The first kappa shape index (κ1) is 16.3. The Labute approximate surface area is 138 Å². The highest BCUT2D eigenvalue weighted by Crippen LogP contribution is 2.51. The number of aliphatic hydroxyl groups excluding tert-OH is 1. The van der Waals surface area contributed by atoms with Crippen LogP contribution >= 0.6 is 11.8 Å². The van der Waals surface area contributed by atoms with Crippen LogP contribution in [-0.4, -0.2) is 68.8 Å². The highest BCUT2D eigenvalue weighted by Gasteiger charge is 2.60. The molecule has 2 amide bonds. The minimum atomic E-state index is -1.11. The van der Waals surface area contributed by atoms with Crippen LogP contribution in [0.1, 0.15) is 20.3 Å². The lowest BCUT2D eigenvalue weighted by Crippen LogP contribution is -2.63. The number of fused-ring (bicyclic) bond motifs is 1. The van der Waals surface area contributed by atoms with E-state index in [1.807, 2.05) is 6.92 Å². The van der Waals surface area contributed by atoms with Crippen molar-refractivity contribution in [1.29, 1.82) is 0 Å². The largest absolute Gasteiger partial charge is 0.477 e. The van der Waals surface area contributed by atoms with Crippen LogP contribution in [0.3, 0.4) is 0 Å². The molecule has 0 aromatic carbocycles. The number of β-lactam (4-membered cyclic amide) rings is 1. The summed E-state index contributed by atoms with van der Waals surface area (Å²) in [6.07, 6.45) is 0.832. The van der Waals surface area contributed by atoms with Crippen LogP contribution in [0, 0.1) is 11.8 Å². The lowest BCUT2D eigenvalue weighted by Gasteiger charge is -2.46. The van der Waals surface area contributed by atoms with E-state index in [9.17, 15) is 24.6 Å². The maximum absolute atomic E-state index is 12.2. The van der Waals surface area contributed by atoms with Crippen molar-refractivity contribution in [2.24, 2.45) is 11.8 Å². The Kier molecular flexibility index (Phi) is 4.14. The number of carbonyl (C=O) groups excluding carboxylic acids is 2. The minimum absolute atomic E-state index is 0.0546. The topological polar surface area (TPSA) is 98.2 Å². The zero-order valence-corrected chi connectivity index (χ0v) is 13.8. The van der Waals surface area contributed by atoms with Gasteiger partial charge in [-0.05, 0) is 13.3 Å². The van der Waals surface area contributed by atoms with Gasteiger partial charge in [0, 0.05) is 29.2 Å². The molecule has 0 radical (unpaired) electrons. The van der Waals surface area contributed by atoms with E-state index in [0.29, 0.717) is 18.0 Å². The smallest absolute Gasteiger partial charge is 0.353 e. The second-order valence-electron chi connectivity index (χ2n) is 6.40. The van der Waals surface area contributed by atoms with E-state index >= 15 is 0 Å². The SMILES string of the molecule is CC(O)C1C(=O)N2C(C(=O)O)=C(SC3CCN(C=O)C3)C(C)[C@H]12. The van der Waals surface area contributed by atoms with Gasteiger partial charge >= 0.3 is 5.97 Å². The molecule has 0 bridgehead atoms. The molecule has 4 unspecified atom stereocenters. The number of nitrogens with zero attached hydrogens (tertiary/aromatic N) is 2. The molecule has 0 aromatic rings. The highest BCUT2D eigenvalue weighted by atomic mass is 32.2. The summed E-state index contributed by atoms with van der Waals surface area (Å²) < 4.78 is 0. The van der Waals surface area contributed by atoms with E-state index in [1.165, 1.54) is 16.7 Å². The Morgan fingerprint density at radius 2 is 2.17 bits per heavy atom. The summed E-state index contributed by atoms with van der Waals surface area (Å²) in [5.41, 5.74) is 0.0546. The van der Waals surface area contributed by atoms with Crippen molar-refractivity contribution in [2.45, 2.75) is 37.7 Å². The molecule has 2 fully saturated rings. The number of hydrogen-bond acceptors (Lipinski definition) is 5. The van der Waals surface area contributed by atoms with Crippen LogP contribution < -0.4 is 0 Å². The first-order valence-electron chi connectivity index (χ1n) is 7.71. The molecule has 126 valence electrons. The monoisotopic (exact) mass is 340 g/mol. The molecule has 0 spiro atoms. The van der Waals surface area contributed by atoms with E-state index < -0.39 is 18.0 Å². The fourth-order valence-corrected chi connectivity index (χ4v) is 5.30. The quantitative estimate of drug-likeness (QED) is 0.544. The Morgan fingerprint density at radius 3 is 2.70 bits per heavy atom. The maximum atomic E-state index is 12.2. The fraction of sp³-hybridized carbons (Fsp3) is 0.667. The van der Waals surface area contributed by atoms with E-state index in [0.717, 1.165) is 12.8 Å². The van der Waals surface area contributed by atoms with Crippen molar-refractivity contribution >= 4 is 30.0 Å². The molecular weight excluding hydrogens is 320 g/mol. The summed E-state index contributed by atoms with van der Waals surface area (Å²) in [5, 5.41) is 19.5. The van der Waals surface area contributed by atoms with Gasteiger partial charge in [-0.25, -0.2) is 4.79 Å². The molecule has 2 saturated heterocycles. The number of carboxylic acid groups (broad SMARTS) is 1. The van der Waals surface area contributed by atoms with Crippen molar-refractivity contribution in [3.63, 3.8) is 0 Å². The van der Waals surface area contributed by atoms with Gasteiger partial charge in [0.1, 0.15) is 5.70 Å². The summed E-state index contributed by atoms with van der Waals surface area (Å²) in [6, 6.07) is -0.278. The highest BCUT2D eigenvalue weighted by molar-refractivity contribution is 8.03. The van der Waals surface area contributed by atoms with Crippen LogP contribution in [0.4, 0.5) is 0 Å². The molecule has 3 aliphatic rings. The fourth-order valence-electron chi connectivity index (χ4n) is 3.80. The van der Waals surface area contributed by atoms with Crippen molar-refractivity contribution in [1.82, 2.24) is 9.80 Å². The second kappa shape index (κ2) is 5.83. The van der Waals surface area contributed by atoms with Gasteiger partial charge in [0.15, 0.2) is 0 Å². The van der Waals surface area contributed by atoms with Gasteiger partial charge in [-0.2, -0.15) is 0 Å². The van der Waals surface area contributed by atoms with Crippen LogP contribution in [0.2, 0.25) is 0 Å². The van der Waals surface area contributed by atoms with Gasteiger partial charge < -0.3 is 20.0 Å². The third-order valence-corrected chi connectivity index (χ3v) is 6.47. The van der Waals surface area contributed by atoms with Crippen LogP contribution in [0.5, 0.6) is 0 Å². The van der Waals surface area contributed by atoms with E-state index in [2.05, 4.69) is 0 Å². The predicted molar refractivity (Wildman–Crippen MR) is 83.3 cm³/mol. The molecule has 0 aliphatic carbocycles. The third kappa shape index (κ3) is 2.44. The Bertz CT molecular complexity index is 590. The minimum Gasteiger partial charge on any atom is -0.477 e. The van der Waals surface area contributed by atoms with E-state index in [-0.39, 0.29) is 28.8 Å². The molecule has 0 aromatic heterocycles. The van der Waals surface area contributed by atoms with Gasteiger partial charge in [0.25, 0.3) is 0 Å². The van der Waals surface area contributed by atoms with E-state index in [1.54, 1.807) is 11.8 Å². The number of thioether (sulfide) groups is 1. The molecule has 3 aliphatic heterocycles. The standard InChI is InChI=1S/C15H20N2O5S/c1-7-11-10(8(2)19)14(20)17(11)12(15(21)22)13(7)23-9-3-4-16(5-9)6-18/h6-11,19H,3-5H2,1-2H3,(H,21,22)/t7?,8?,9?,10?,11-/m1/s1. The normalized spacial score (nSPS) is 34.5. The first-order valence-corrected chi connectivity index (χ1v) is 8.59. The molecular formula is C15H20N2O5S. The number of amides is 2. The lowest BCUT2D eigenvalue weighted by molar-refractivity contribution is -0.163. The predicted octanol–water partition coefficient (Wildman–Crippen LogP) is 0.104. The number of hydrogen-bond donors (Lipinski definition) is 2. The number of rotatable bonds is 5. The average Bonchev–Trinajstić information content (AvgIpc) is 3.02. The van der Waals surface area contributed by atoms with Crippen molar-refractivity contribution < 1.29 is 24.6 Å². The summed E-state index contributed by atoms with van der Waals surface area (Å²) in [7, 11) is 0. The molecule has 7 nitrogen and oxygen atoms in total. The number of aliphatic hydroxyl groups is 1. The van der Waals surface area contributed by atoms with Crippen molar-refractivity contribution in [2.75, 3.05) is 13.1 Å². The summed E-state index contributed by atoms with van der Waals surface area (Å²) in [4.78, 5) is 38.4. The third-order valence-electron chi connectivity index (χ3n) is 4.93. The van der Waals surface area contributed by atoms with Crippen molar-refractivity contribution in [3.05, 3.63) is 10.6 Å². The number of carboxylic acids is 1. The Hall–Kier alpha value is -1.54. The van der Waals surface area contributed by atoms with Crippen molar-refractivity contribution in [3.8, 4) is 0 Å². The van der Waals surface area contributed by atoms with Gasteiger partial charge in [-0.3, -0.25) is 9.59 Å². The maximum Gasteiger partial charge on any atom is 0.353 e. The number of carbonyl (C=O) groups is 3. The van der Waals surface area contributed by atoms with Gasteiger partial charge in [-0.15, -0.1) is 11.8 Å². The summed E-state index contributed by atoms with van der Waals surface area (Å²) in [6.45, 7) is 4.74. The average molecular weight is 340 g/mol. The van der Waals surface area contributed by atoms with Gasteiger partial charge in [0.05, 0.1) is 18.1 Å². The molecule has 3 heterocycles.